The maximum Gasteiger partial charge on any atom is 0.256 e. The van der Waals surface area contributed by atoms with Crippen LogP contribution >= 0.6 is 0 Å². The lowest BCUT2D eigenvalue weighted by atomic mass is 10.1. The molecule has 0 bridgehead atoms. The fraction of sp³-hybridized carbons (Fsp3) is 0.200. The second-order valence-corrected chi connectivity index (χ2v) is 6.34. The number of Topliss-reactive ketones (excluding diaryl/α,β-unsaturated/α-hetero) is 1. The lowest BCUT2D eigenvalue weighted by Crippen LogP contribution is -2.34. The fourth-order valence-corrected chi connectivity index (χ4v) is 2.97. The summed E-state index contributed by atoms with van der Waals surface area (Å²) >= 11 is 0. The topological polar surface area (TPSA) is 95.6 Å². The van der Waals surface area contributed by atoms with Crippen molar-refractivity contribution < 1.29 is 19.2 Å². The molecular formula is C20H19N3O4. The van der Waals surface area contributed by atoms with Crippen molar-refractivity contribution in [2.24, 2.45) is 0 Å². The number of amides is 3. The van der Waals surface area contributed by atoms with Gasteiger partial charge in [-0.3, -0.25) is 19.2 Å². The van der Waals surface area contributed by atoms with Crippen molar-refractivity contribution in [1.29, 1.82) is 0 Å². The van der Waals surface area contributed by atoms with Crippen molar-refractivity contribution in [2.75, 3.05) is 15.5 Å². The van der Waals surface area contributed by atoms with E-state index in [2.05, 4.69) is 10.6 Å². The van der Waals surface area contributed by atoms with E-state index in [9.17, 15) is 19.2 Å². The van der Waals surface area contributed by atoms with Gasteiger partial charge in [0.15, 0.2) is 5.78 Å². The molecule has 3 amide bonds. The molecule has 0 saturated carbocycles. The molecule has 1 saturated heterocycles. The number of carbonyl (C=O) groups is 4. The van der Waals surface area contributed by atoms with Gasteiger partial charge in [-0.1, -0.05) is 18.2 Å². The molecule has 0 radical (unpaired) electrons. The van der Waals surface area contributed by atoms with E-state index in [0.717, 1.165) is 4.90 Å². The SMILES string of the molecule is CC(=O)Nc1cccc(NC2CC(=O)N(c3cccc(C(C)=O)c3)C2=O)c1. The van der Waals surface area contributed by atoms with Crippen molar-refractivity contribution in [2.45, 2.75) is 26.3 Å². The van der Waals surface area contributed by atoms with E-state index in [1.807, 2.05) is 0 Å². The maximum absolute atomic E-state index is 12.8. The number of carbonyl (C=O) groups excluding carboxylic acids is 4. The molecular weight excluding hydrogens is 346 g/mol. The molecule has 2 aromatic carbocycles. The number of anilines is 3. The van der Waals surface area contributed by atoms with Crippen LogP contribution < -0.4 is 15.5 Å². The van der Waals surface area contributed by atoms with Crippen LogP contribution in [-0.4, -0.2) is 29.5 Å². The van der Waals surface area contributed by atoms with Gasteiger partial charge in [-0.05, 0) is 37.3 Å². The Hall–Kier alpha value is -3.48. The predicted molar refractivity (Wildman–Crippen MR) is 102 cm³/mol. The summed E-state index contributed by atoms with van der Waals surface area (Å²) in [6.07, 6.45) is 0.00744. The minimum Gasteiger partial charge on any atom is -0.373 e. The van der Waals surface area contributed by atoms with E-state index < -0.39 is 6.04 Å². The van der Waals surface area contributed by atoms with Gasteiger partial charge in [-0.15, -0.1) is 0 Å². The van der Waals surface area contributed by atoms with E-state index in [1.54, 1.807) is 42.5 Å². The van der Waals surface area contributed by atoms with Crippen molar-refractivity contribution in [3.63, 3.8) is 0 Å². The maximum atomic E-state index is 12.8. The van der Waals surface area contributed by atoms with Gasteiger partial charge in [-0.2, -0.15) is 0 Å². The number of rotatable bonds is 5. The minimum absolute atomic E-state index is 0.00744. The Labute approximate surface area is 156 Å². The van der Waals surface area contributed by atoms with E-state index >= 15 is 0 Å². The highest BCUT2D eigenvalue weighted by Crippen LogP contribution is 2.26. The summed E-state index contributed by atoms with van der Waals surface area (Å²) < 4.78 is 0. The lowest BCUT2D eigenvalue weighted by molar-refractivity contribution is -0.121. The summed E-state index contributed by atoms with van der Waals surface area (Å²) in [4.78, 5) is 49.0. The van der Waals surface area contributed by atoms with Crippen LogP contribution in [0.1, 0.15) is 30.6 Å². The Bertz CT molecular complexity index is 938. The molecule has 3 rings (SSSR count). The van der Waals surface area contributed by atoms with Crippen LogP contribution in [0.15, 0.2) is 48.5 Å². The molecule has 0 aliphatic carbocycles. The van der Waals surface area contributed by atoms with Crippen LogP contribution in [0.4, 0.5) is 17.1 Å². The second-order valence-electron chi connectivity index (χ2n) is 6.34. The molecule has 138 valence electrons. The highest BCUT2D eigenvalue weighted by atomic mass is 16.2. The normalized spacial score (nSPS) is 16.4. The summed E-state index contributed by atoms with van der Waals surface area (Å²) in [5.74, 6) is -1.06. The summed E-state index contributed by atoms with van der Waals surface area (Å²) in [6.45, 7) is 2.84. The molecule has 1 fully saturated rings. The molecule has 7 nitrogen and oxygen atoms in total. The average molecular weight is 365 g/mol. The Balaban J connectivity index is 1.79. The van der Waals surface area contributed by atoms with Crippen molar-refractivity contribution in [3.05, 3.63) is 54.1 Å². The third-order valence-electron chi connectivity index (χ3n) is 4.18. The van der Waals surface area contributed by atoms with Gasteiger partial charge in [0.2, 0.25) is 11.8 Å². The van der Waals surface area contributed by atoms with Crippen molar-refractivity contribution in [3.8, 4) is 0 Å². The van der Waals surface area contributed by atoms with Gasteiger partial charge in [0.1, 0.15) is 6.04 Å². The summed E-state index contributed by atoms with van der Waals surface area (Å²) in [7, 11) is 0. The first-order valence-electron chi connectivity index (χ1n) is 8.47. The van der Waals surface area contributed by atoms with Crippen molar-refractivity contribution >= 4 is 40.6 Å². The number of hydrogen-bond acceptors (Lipinski definition) is 5. The Morgan fingerprint density at radius 1 is 1.00 bits per heavy atom. The van der Waals surface area contributed by atoms with Crippen LogP contribution in [0.3, 0.4) is 0 Å². The van der Waals surface area contributed by atoms with Crippen LogP contribution in [0, 0.1) is 0 Å². The van der Waals surface area contributed by atoms with Gasteiger partial charge in [-0.25, -0.2) is 4.90 Å². The summed E-state index contributed by atoms with van der Waals surface area (Å²) in [6, 6.07) is 12.6. The highest BCUT2D eigenvalue weighted by molar-refractivity contribution is 6.23. The van der Waals surface area contributed by atoms with Gasteiger partial charge in [0.05, 0.1) is 12.1 Å². The molecule has 1 aliphatic heterocycles. The van der Waals surface area contributed by atoms with Gasteiger partial charge in [0.25, 0.3) is 5.91 Å². The Morgan fingerprint density at radius 2 is 1.70 bits per heavy atom. The molecule has 1 heterocycles. The molecule has 1 aliphatic rings. The summed E-state index contributed by atoms with van der Waals surface area (Å²) in [5, 5.41) is 5.71. The molecule has 2 aromatic rings. The molecule has 27 heavy (non-hydrogen) atoms. The predicted octanol–water partition coefficient (Wildman–Crippen LogP) is 2.59. The van der Waals surface area contributed by atoms with Crippen molar-refractivity contribution in [1.82, 2.24) is 0 Å². The zero-order valence-electron chi connectivity index (χ0n) is 15.0. The molecule has 1 unspecified atom stereocenters. The number of benzene rings is 2. The smallest absolute Gasteiger partial charge is 0.256 e. The van der Waals surface area contributed by atoms with Crippen LogP contribution in [0.25, 0.3) is 0 Å². The quantitative estimate of drug-likeness (QED) is 0.627. The zero-order chi connectivity index (χ0) is 19.6. The van der Waals surface area contributed by atoms with Crippen LogP contribution in [0.5, 0.6) is 0 Å². The largest absolute Gasteiger partial charge is 0.373 e. The first-order valence-corrected chi connectivity index (χ1v) is 8.47. The summed E-state index contributed by atoms with van der Waals surface area (Å²) in [5.41, 5.74) is 2.03. The Kier molecular flexibility index (Phi) is 5.03. The van der Waals surface area contributed by atoms with E-state index in [1.165, 1.54) is 19.9 Å². The molecule has 0 spiro atoms. The number of ketones is 1. The molecule has 0 aromatic heterocycles. The first-order chi connectivity index (χ1) is 12.8. The monoisotopic (exact) mass is 365 g/mol. The van der Waals surface area contributed by atoms with Gasteiger partial charge < -0.3 is 10.6 Å². The third-order valence-corrected chi connectivity index (χ3v) is 4.18. The van der Waals surface area contributed by atoms with Crippen LogP contribution in [-0.2, 0) is 14.4 Å². The van der Waals surface area contributed by atoms with Gasteiger partial charge in [0, 0.05) is 23.9 Å². The molecule has 7 heteroatoms. The fourth-order valence-electron chi connectivity index (χ4n) is 2.97. The second kappa shape index (κ2) is 7.41. The molecule has 1 atom stereocenters. The number of nitrogens with one attached hydrogen (secondary N) is 2. The van der Waals surface area contributed by atoms with Crippen LogP contribution in [0.2, 0.25) is 0 Å². The molecule has 2 N–H and O–H groups in total. The standard InChI is InChI=1S/C20H19N3O4/c1-12(24)14-5-3-8-17(9-14)23-19(26)11-18(20(23)27)22-16-7-4-6-15(10-16)21-13(2)25/h3-10,18,22H,11H2,1-2H3,(H,21,25). The Morgan fingerprint density at radius 3 is 2.41 bits per heavy atom. The zero-order valence-corrected chi connectivity index (χ0v) is 15.0. The highest BCUT2D eigenvalue weighted by Gasteiger charge is 2.39. The minimum atomic E-state index is -0.717. The lowest BCUT2D eigenvalue weighted by Gasteiger charge is -2.17. The van der Waals surface area contributed by atoms with E-state index in [0.29, 0.717) is 22.6 Å². The average Bonchev–Trinajstić information content (AvgIpc) is 2.88. The number of hydrogen-bond donors (Lipinski definition) is 2. The van der Waals surface area contributed by atoms with E-state index in [-0.39, 0.29) is 29.9 Å². The third kappa shape index (κ3) is 4.03. The number of nitrogens with zero attached hydrogens (tertiary/aromatic N) is 1. The van der Waals surface area contributed by atoms with Gasteiger partial charge >= 0.3 is 0 Å². The first kappa shape index (κ1) is 18.3. The van der Waals surface area contributed by atoms with E-state index in [4.69, 9.17) is 0 Å². The number of imide groups is 1.